The summed E-state index contributed by atoms with van der Waals surface area (Å²) in [4.78, 5) is 2.57. The summed E-state index contributed by atoms with van der Waals surface area (Å²) in [5.41, 5.74) is 2.70. The highest BCUT2D eigenvalue weighted by Crippen LogP contribution is 2.57. The zero-order chi connectivity index (χ0) is 18.4. The number of nitrogens with zero attached hydrogens (tertiary/aromatic N) is 1. The first-order chi connectivity index (χ1) is 12.4. The quantitative estimate of drug-likeness (QED) is 0.887. The molecule has 2 atom stereocenters. The summed E-state index contributed by atoms with van der Waals surface area (Å²) >= 11 is 0. The van der Waals surface area contributed by atoms with Crippen LogP contribution in [0.2, 0.25) is 0 Å². The van der Waals surface area contributed by atoms with Crippen molar-refractivity contribution in [2.24, 2.45) is 5.41 Å². The Hall–Kier alpha value is -2.00. The van der Waals surface area contributed by atoms with Crippen molar-refractivity contribution in [3.63, 3.8) is 0 Å². The Bertz CT molecular complexity index is 786. The second kappa shape index (κ2) is 6.31. The maximum absolute atomic E-state index is 10.5. The first kappa shape index (κ1) is 17.4. The molecule has 0 saturated carbocycles. The molecule has 0 amide bonds. The van der Waals surface area contributed by atoms with E-state index in [1.807, 2.05) is 42.5 Å². The number of phenolic OH excluding ortho intramolecular Hbond substituents is 1. The molecule has 3 heteroatoms. The number of likely N-dealkylation sites (tertiary alicyclic amines) is 1. The molecular weight excluding hydrogens is 322 g/mol. The normalized spacial score (nSPS) is 27.0. The van der Waals surface area contributed by atoms with Gasteiger partial charge in [0.1, 0.15) is 18.1 Å². The zero-order valence-corrected chi connectivity index (χ0v) is 16.0. The summed E-state index contributed by atoms with van der Waals surface area (Å²) in [6.45, 7) is 9.85. The monoisotopic (exact) mass is 351 g/mol. The molecule has 2 aromatic carbocycles. The molecular formula is C23H29NO2. The molecule has 1 saturated heterocycles. The summed E-state index contributed by atoms with van der Waals surface area (Å²) < 4.78 is 5.93. The first-order valence-electron chi connectivity index (χ1n) is 9.67. The minimum Gasteiger partial charge on any atom is -0.508 e. The van der Waals surface area contributed by atoms with Gasteiger partial charge >= 0.3 is 0 Å². The van der Waals surface area contributed by atoms with Crippen LogP contribution >= 0.6 is 0 Å². The van der Waals surface area contributed by atoms with Crippen LogP contribution in [0.1, 0.15) is 38.3 Å². The number of hydrogen-bond donors (Lipinski definition) is 1. The molecule has 1 heterocycles. The maximum atomic E-state index is 10.5. The molecule has 2 aliphatic rings. The van der Waals surface area contributed by atoms with Gasteiger partial charge in [-0.3, -0.25) is 4.90 Å². The molecule has 2 aromatic rings. The fourth-order valence-corrected chi connectivity index (χ4v) is 5.13. The van der Waals surface area contributed by atoms with Crippen molar-refractivity contribution in [1.82, 2.24) is 4.90 Å². The number of benzene rings is 2. The van der Waals surface area contributed by atoms with Crippen LogP contribution in [0.4, 0.5) is 0 Å². The Kier molecular flexibility index (Phi) is 4.23. The van der Waals surface area contributed by atoms with Crippen LogP contribution in [0.25, 0.3) is 0 Å². The van der Waals surface area contributed by atoms with Gasteiger partial charge in [0, 0.05) is 12.6 Å². The maximum Gasteiger partial charge on any atom is 0.119 e. The number of rotatable bonds is 4. The fourth-order valence-electron chi connectivity index (χ4n) is 5.13. The highest BCUT2D eigenvalue weighted by Gasteiger charge is 2.56. The van der Waals surface area contributed by atoms with Crippen molar-refractivity contribution >= 4 is 0 Å². The number of para-hydroxylation sites is 1. The largest absolute Gasteiger partial charge is 0.508 e. The van der Waals surface area contributed by atoms with Crippen LogP contribution in [-0.4, -0.2) is 35.7 Å². The average molecular weight is 351 g/mol. The number of fused-ring (bicyclic) bond motifs is 2. The third-order valence-corrected chi connectivity index (χ3v) is 7.13. The molecule has 0 aromatic heterocycles. The Morgan fingerprint density at radius 3 is 2.62 bits per heavy atom. The van der Waals surface area contributed by atoms with E-state index in [1.165, 1.54) is 12.0 Å². The van der Waals surface area contributed by atoms with E-state index in [1.54, 1.807) is 0 Å². The van der Waals surface area contributed by atoms with Crippen molar-refractivity contribution < 1.29 is 9.84 Å². The second-order valence-electron chi connectivity index (χ2n) is 8.51. The summed E-state index contributed by atoms with van der Waals surface area (Å²) in [7, 11) is 0. The predicted octanol–water partition coefficient (Wildman–Crippen LogP) is 4.39. The summed E-state index contributed by atoms with van der Waals surface area (Å²) in [5.74, 6) is 1.38. The number of ether oxygens (including phenoxy) is 1. The van der Waals surface area contributed by atoms with Crippen molar-refractivity contribution in [2.75, 3.05) is 19.7 Å². The summed E-state index contributed by atoms with van der Waals surface area (Å²) in [5, 5.41) is 10.5. The van der Waals surface area contributed by atoms with Crippen molar-refractivity contribution in [3.8, 4) is 11.5 Å². The lowest BCUT2D eigenvalue weighted by Crippen LogP contribution is -2.53. The highest BCUT2D eigenvalue weighted by molar-refractivity contribution is 5.48. The van der Waals surface area contributed by atoms with Gasteiger partial charge in [-0.2, -0.15) is 0 Å². The van der Waals surface area contributed by atoms with Crippen LogP contribution in [0.5, 0.6) is 11.5 Å². The minimum absolute atomic E-state index is 0.0407. The molecule has 0 unspecified atom stereocenters. The van der Waals surface area contributed by atoms with E-state index < -0.39 is 0 Å². The molecule has 0 radical (unpaired) electrons. The zero-order valence-electron chi connectivity index (χ0n) is 16.0. The molecule has 1 aliphatic heterocycles. The third-order valence-electron chi connectivity index (χ3n) is 7.13. The van der Waals surface area contributed by atoms with E-state index in [0.29, 0.717) is 18.4 Å². The lowest BCUT2D eigenvalue weighted by atomic mass is 9.54. The fraction of sp³-hybridized carbons (Fsp3) is 0.478. The van der Waals surface area contributed by atoms with E-state index in [-0.39, 0.29) is 10.8 Å². The highest BCUT2D eigenvalue weighted by atomic mass is 16.5. The predicted molar refractivity (Wildman–Crippen MR) is 105 cm³/mol. The van der Waals surface area contributed by atoms with Crippen LogP contribution in [0.3, 0.4) is 0 Å². The molecule has 1 aliphatic carbocycles. The van der Waals surface area contributed by atoms with Gasteiger partial charge < -0.3 is 9.84 Å². The van der Waals surface area contributed by atoms with Crippen molar-refractivity contribution in [3.05, 3.63) is 59.7 Å². The average Bonchev–Trinajstić information content (AvgIpc) is 2.95. The van der Waals surface area contributed by atoms with Gasteiger partial charge in [-0.1, -0.05) is 51.1 Å². The first-order valence-corrected chi connectivity index (χ1v) is 9.67. The second-order valence-corrected chi connectivity index (χ2v) is 8.51. The molecule has 26 heavy (non-hydrogen) atoms. The van der Waals surface area contributed by atoms with Gasteiger partial charge in [-0.15, -0.1) is 0 Å². The van der Waals surface area contributed by atoms with E-state index in [0.717, 1.165) is 30.8 Å². The minimum atomic E-state index is 0.0407. The Balaban J connectivity index is 1.54. The summed E-state index contributed by atoms with van der Waals surface area (Å²) in [6.07, 6.45) is 2.11. The lowest BCUT2D eigenvalue weighted by molar-refractivity contribution is 0.0724. The van der Waals surface area contributed by atoms with Gasteiger partial charge in [0.05, 0.1) is 0 Å². The Morgan fingerprint density at radius 1 is 1.08 bits per heavy atom. The SMILES string of the molecule is CC1(C)c2cccc(O)c2C[C@@H]2N(CCOc3ccccc3)CC[C@]21C. The Morgan fingerprint density at radius 2 is 1.85 bits per heavy atom. The third kappa shape index (κ3) is 2.61. The van der Waals surface area contributed by atoms with E-state index >= 15 is 0 Å². The van der Waals surface area contributed by atoms with Gasteiger partial charge in [0.25, 0.3) is 0 Å². The standard InChI is InChI=1S/C23H29NO2/c1-22(2)19-10-7-11-20(25)18(19)16-21-23(22,3)12-13-24(21)14-15-26-17-8-5-4-6-9-17/h4-11,21,25H,12-16H2,1-3H3/t21-,23+/m0/s1. The van der Waals surface area contributed by atoms with Gasteiger partial charge in [-0.25, -0.2) is 0 Å². The molecule has 0 spiro atoms. The van der Waals surface area contributed by atoms with E-state index in [4.69, 9.17) is 4.74 Å². The number of aromatic hydroxyl groups is 1. The number of phenols is 1. The molecule has 1 fully saturated rings. The van der Waals surface area contributed by atoms with Crippen LogP contribution < -0.4 is 4.74 Å². The smallest absolute Gasteiger partial charge is 0.119 e. The topological polar surface area (TPSA) is 32.7 Å². The van der Waals surface area contributed by atoms with Gasteiger partial charge in [0.15, 0.2) is 0 Å². The number of hydrogen-bond acceptors (Lipinski definition) is 3. The molecule has 1 N–H and O–H groups in total. The molecule has 138 valence electrons. The molecule has 0 bridgehead atoms. The Labute approximate surface area is 156 Å². The van der Waals surface area contributed by atoms with Crippen molar-refractivity contribution in [1.29, 1.82) is 0 Å². The van der Waals surface area contributed by atoms with E-state index in [9.17, 15) is 5.11 Å². The summed E-state index contributed by atoms with van der Waals surface area (Å²) in [6, 6.07) is 16.5. The lowest BCUT2D eigenvalue weighted by Gasteiger charge is -2.52. The van der Waals surface area contributed by atoms with E-state index in [2.05, 4.69) is 31.7 Å². The van der Waals surface area contributed by atoms with Gasteiger partial charge in [0.2, 0.25) is 0 Å². The van der Waals surface area contributed by atoms with Crippen LogP contribution in [0.15, 0.2) is 48.5 Å². The molecule has 3 nitrogen and oxygen atoms in total. The van der Waals surface area contributed by atoms with Crippen LogP contribution in [-0.2, 0) is 11.8 Å². The van der Waals surface area contributed by atoms with Crippen LogP contribution in [0, 0.1) is 5.41 Å². The van der Waals surface area contributed by atoms with Crippen molar-refractivity contribution in [2.45, 2.75) is 45.1 Å². The van der Waals surface area contributed by atoms with Gasteiger partial charge in [-0.05, 0) is 59.5 Å². The molecule has 4 rings (SSSR count).